The molecule has 1 aromatic carbocycles. The fourth-order valence-electron chi connectivity index (χ4n) is 2.72. The lowest BCUT2D eigenvalue weighted by Crippen LogP contribution is -2.25. The quantitative estimate of drug-likeness (QED) is 0.835. The Bertz CT molecular complexity index is 696. The summed E-state index contributed by atoms with van der Waals surface area (Å²) in [5.74, 6) is -0.0746. The number of amides is 1. The number of anilines is 1. The molecule has 1 aromatic rings. The topological polar surface area (TPSA) is 66.5 Å². The molecule has 0 aromatic heterocycles. The smallest absolute Gasteiger partial charge is 0.242 e. The molecular formula is C17H26N2O3S2. The third-order valence-corrected chi connectivity index (χ3v) is 7.60. The van der Waals surface area contributed by atoms with Gasteiger partial charge in [-0.05, 0) is 44.4 Å². The highest BCUT2D eigenvalue weighted by Gasteiger charge is 2.23. The molecule has 24 heavy (non-hydrogen) atoms. The monoisotopic (exact) mass is 370 g/mol. The van der Waals surface area contributed by atoms with Crippen LogP contribution >= 0.6 is 11.8 Å². The molecule has 1 atom stereocenters. The Labute approximate surface area is 149 Å². The van der Waals surface area contributed by atoms with E-state index in [2.05, 4.69) is 5.32 Å². The predicted molar refractivity (Wildman–Crippen MR) is 100.0 cm³/mol. The van der Waals surface area contributed by atoms with E-state index in [0.29, 0.717) is 10.9 Å². The van der Waals surface area contributed by atoms with Crippen molar-refractivity contribution >= 4 is 33.4 Å². The molecule has 1 fully saturated rings. The van der Waals surface area contributed by atoms with Crippen LogP contribution in [0.25, 0.3) is 0 Å². The van der Waals surface area contributed by atoms with Gasteiger partial charge in [0.05, 0.1) is 10.1 Å². The summed E-state index contributed by atoms with van der Waals surface area (Å²) in [5.41, 5.74) is 1.40. The average Bonchev–Trinajstić information content (AvgIpc) is 3.01. The van der Waals surface area contributed by atoms with Crippen LogP contribution in [0.5, 0.6) is 0 Å². The maximum absolute atomic E-state index is 12.5. The molecule has 2 rings (SSSR count). The lowest BCUT2D eigenvalue weighted by molar-refractivity contribution is -0.115. The number of benzene rings is 1. The van der Waals surface area contributed by atoms with Crippen LogP contribution < -0.4 is 5.32 Å². The summed E-state index contributed by atoms with van der Waals surface area (Å²) in [7, 11) is -0.526. The normalized spacial score (nSPS) is 17.2. The number of rotatable bonds is 6. The van der Waals surface area contributed by atoms with Crippen LogP contribution in [-0.4, -0.2) is 43.2 Å². The second-order valence-corrected chi connectivity index (χ2v) is 10.2. The number of aryl methyl sites for hydroxylation is 1. The summed E-state index contributed by atoms with van der Waals surface area (Å²) in [6, 6.07) is 4.83. The molecule has 134 valence electrons. The summed E-state index contributed by atoms with van der Waals surface area (Å²) in [5, 5.41) is 3.30. The standard InChI is InChI=1S/C17H26N2O3S2/c1-12-9-10-15(24(21,22)19(3)4)11-16(12)18-17(20)13(2)23-14-7-5-6-8-14/h9-11,13-14H,5-8H2,1-4H3,(H,18,20)/t13-/m1/s1. The van der Waals surface area contributed by atoms with Crippen LogP contribution in [0.1, 0.15) is 38.2 Å². The first kappa shape index (κ1) is 19.3. The lowest BCUT2D eigenvalue weighted by atomic mass is 10.2. The van der Waals surface area contributed by atoms with E-state index in [1.807, 2.05) is 13.8 Å². The highest BCUT2D eigenvalue weighted by atomic mass is 32.2. The van der Waals surface area contributed by atoms with Gasteiger partial charge in [0.1, 0.15) is 0 Å². The number of carbonyl (C=O) groups excluding carboxylic acids is 1. The van der Waals surface area contributed by atoms with Gasteiger partial charge in [0.2, 0.25) is 15.9 Å². The van der Waals surface area contributed by atoms with Crippen molar-refractivity contribution in [1.29, 1.82) is 0 Å². The molecule has 0 bridgehead atoms. The Morgan fingerprint density at radius 2 is 1.92 bits per heavy atom. The maximum Gasteiger partial charge on any atom is 0.242 e. The fourth-order valence-corrected chi connectivity index (χ4v) is 5.01. The highest BCUT2D eigenvalue weighted by Crippen LogP contribution is 2.32. The van der Waals surface area contributed by atoms with Gasteiger partial charge >= 0.3 is 0 Å². The first-order valence-electron chi connectivity index (χ1n) is 8.21. The van der Waals surface area contributed by atoms with Gasteiger partial charge in [0.25, 0.3) is 0 Å². The first-order valence-corrected chi connectivity index (χ1v) is 10.6. The van der Waals surface area contributed by atoms with E-state index < -0.39 is 10.0 Å². The Morgan fingerprint density at radius 1 is 1.29 bits per heavy atom. The minimum absolute atomic E-state index is 0.0746. The number of nitrogens with zero attached hydrogens (tertiary/aromatic N) is 1. The number of nitrogens with one attached hydrogen (secondary N) is 1. The van der Waals surface area contributed by atoms with Crippen molar-refractivity contribution in [1.82, 2.24) is 4.31 Å². The van der Waals surface area contributed by atoms with Crippen LogP contribution in [0.15, 0.2) is 23.1 Å². The first-order chi connectivity index (χ1) is 11.2. The van der Waals surface area contributed by atoms with Gasteiger partial charge < -0.3 is 5.32 Å². The second kappa shape index (κ2) is 7.89. The summed E-state index contributed by atoms with van der Waals surface area (Å²) in [6.45, 7) is 3.77. The van der Waals surface area contributed by atoms with Crippen molar-refractivity contribution in [2.45, 2.75) is 54.9 Å². The van der Waals surface area contributed by atoms with Gasteiger partial charge in [-0.1, -0.05) is 18.9 Å². The van der Waals surface area contributed by atoms with E-state index in [9.17, 15) is 13.2 Å². The van der Waals surface area contributed by atoms with Crippen molar-refractivity contribution in [3.8, 4) is 0 Å². The largest absolute Gasteiger partial charge is 0.325 e. The van der Waals surface area contributed by atoms with E-state index in [4.69, 9.17) is 0 Å². The van der Waals surface area contributed by atoms with Crippen molar-refractivity contribution < 1.29 is 13.2 Å². The van der Waals surface area contributed by atoms with E-state index in [0.717, 1.165) is 5.56 Å². The van der Waals surface area contributed by atoms with E-state index in [1.54, 1.807) is 23.9 Å². The van der Waals surface area contributed by atoms with Gasteiger partial charge in [-0.2, -0.15) is 0 Å². The van der Waals surface area contributed by atoms with Gasteiger partial charge in [-0.25, -0.2) is 12.7 Å². The molecule has 1 aliphatic rings. The maximum atomic E-state index is 12.5. The third-order valence-electron chi connectivity index (χ3n) is 4.31. The number of hydrogen-bond acceptors (Lipinski definition) is 4. The molecule has 0 heterocycles. The van der Waals surface area contributed by atoms with Gasteiger partial charge in [-0.15, -0.1) is 11.8 Å². The van der Waals surface area contributed by atoms with Crippen LogP contribution in [0.4, 0.5) is 5.69 Å². The molecule has 0 aliphatic heterocycles. The van der Waals surface area contributed by atoms with Crippen LogP contribution in [0.3, 0.4) is 0 Å². The van der Waals surface area contributed by atoms with Crippen LogP contribution in [0.2, 0.25) is 0 Å². The molecule has 1 saturated carbocycles. The summed E-state index contributed by atoms with van der Waals surface area (Å²) in [4.78, 5) is 12.6. The molecule has 7 heteroatoms. The van der Waals surface area contributed by atoms with E-state index >= 15 is 0 Å². The van der Waals surface area contributed by atoms with Crippen LogP contribution in [-0.2, 0) is 14.8 Å². The minimum atomic E-state index is -3.51. The van der Waals surface area contributed by atoms with E-state index in [-0.39, 0.29) is 16.1 Å². The molecule has 0 unspecified atom stereocenters. The van der Waals surface area contributed by atoms with Gasteiger partial charge in [0.15, 0.2) is 0 Å². The number of thioether (sulfide) groups is 1. The van der Waals surface area contributed by atoms with Crippen molar-refractivity contribution in [2.75, 3.05) is 19.4 Å². The minimum Gasteiger partial charge on any atom is -0.325 e. The molecule has 1 amide bonds. The zero-order chi connectivity index (χ0) is 17.9. The zero-order valence-electron chi connectivity index (χ0n) is 14.7. The Kier molecular flexibility index (Phi) is 6.33. The Balaban J connectivity index is 2.12. The van der Waals surface area contributed by atoms with Gasteiger partial charge in [-0.3, -0.25) is 4.79 Å². The number of hydrogen-bond donors (Lipinski definition) is 1. The Morgan fingerprint density at radius 3 is 2.50 bits per heavy atom. The summed E-state index contributed by atoms with van der Waals surface area (Å²) >= 11 is 1.72. The predicted octanol–water partition coefficient (Wildman–Crippen LogP) is 3.25. The molecule has 0 radical (unpaired) electrons. The SMILES string of the molecule is Cc1ccc(S(=O)(=O)N(C)C)cc1NC(=O)[C@@H](C)SC1CCCC1. The summed E-state index contributed by atoms with van der Waals surface area (Å²) < 4.78 is 25.7. The lowest BCUT2D eigenvalue weighted by Gasteiger charge is -2.18. The molecule has 1 aliphatic carbocycles. The Hall–Kier alpha value is -1.05. The molecule has 1 N–H and O–H groups in total. The van der Waals surface area contributed by atoms with Crippen molar-refractivity contribution in [3.63, 3.8) is 0 Å². The summed E-state index contributed by atoms with van der Waals surface area (Å²) in [6.07, 6.45) is 4.85. The highest BCUT2D eigenvalue weighted by molar-refractivity contribution is 8.01. The van der Waals surface area contributed by atoms with Crippen molar-refractivity contribution in [2.24, 2.45) is 0 Å². The zero-order valence-corrected chi connectivity index (χ0v) is 16.3. The van der Waals surface area contributed by atoms with Crippen molar-refractivity contribution in [3.05, 3.63) is 23.8 Å². The number of carbonyl (C=O) groups is 1. The average molecular weight is 371 g/mol. The molecule has 0 saturated heterocycles. The second-order valence-electron chi connectivity index (χ2n) is 6.44. The molecular weight excluding hydrogens is 344 g/mol. The fraction of sp³-hybridized carbons (Fsp3) is 0.588. The van der Waals surface area contributed by atoms with E-state index in [1.165, 1.54) is 50.2 Å². The molecule has 0 spiro atoms. The van der Waals surface area contributed by atoms with Gasteiger partial charge in [0, 0.05) is 25.0 Å². The van der Waals surface area contributed by atoms with Crippen LogP contribution in [0, 0.1) is 6.92 Å². The number of sulfonamides is 1. The molecule has 5 nitrogen and oxygen atoms in total. The third kappa shape index (κ3) is 4.52.